The van der Waals surface area contributed by atoms with Crippen LogP contribution in [0.15, 0.2) is 35.1 Å². The summed E-state index contributed by atoms with van der Waals surface area (Å²) in [5.74, 6) is 1.65. The Morgan fingerprint density at radius 3 is 2.43 bits per heavy atom. The zero-order valence-corrected chi connectivity index (χ0v) is 8.15. The van der Waals surface area contributed by atoms with Crippen molar-refractivity contribution in [1.82, 2.24) is 4.98 Å². The van der Waals surface area contributed by atoms with Crippen LogP contribution in [-0.2, 0) is 0 Å². The number of aromatic nitrogens is 1. The third-order valence-corrected chi connectivity index (χ3v) is 2.10. The summed E-state index contributed by atoms with van der Waals surface area (Å²) < 4.78 is 10.3. The molecule has 3 heteroatoms. The number of oxazole rings is 1. The van der Waals surface area contributed by atoms with E-state index in [-0.39, 0.29) is 0 Å². The first-order valence-electron chi connectivity index (χ1n) is 4.36. The van der Waals surface area contributed by atoms with Crippen LogP contribution in [0, 0.1) is 6.92 Å². The van der Waals surface area contributed by atoms with Crippen molar-refractivity contribution in [2.45, 2.75) is 6.92 Å². The zero-order valence-electron chi connectivity index (χ0n) is 8.15. The van der Waals surface area contributed by atoms with Crippen LogP contribution in [0.5, 0.6) is 5.75 Å². The normalized spacial score (nSPS) is 10.1. The van der Waals surface area contributed by atoms with Gasteiger partial charge in [0, 0.05) is 5.56 Å². The third kappa shape index (κ3) is 1.48. The molecule has 0 N–H and O–H groups in total. The van der Waals surface area contributed by atoms with Crippen molar-refractivity contribution in [3.8, 4) is 17.1 Å². The van der Waals surface area contributed by atoms with Crippen LogP contribution >= 0.6 is 0 Å². The standard InChI is InChI=1S/C11H11NO2/c1-8-11(14-7-12-8)9-3-5-10(13-2)6-4-9/h3-7H,1-2H3. The van der Waals surface area contributed by atoms with Crippen molar-refractivity contribution in [1.29, 1.82) is 0 Å². The minimum Gasteiger partial charge on any atom is -0.497 e. The van der Waals surface area contributed by atoms with Crippen LogP contribution < -0.4 is 4.74 Å². The van der Waals surface area contributed by atoms with Crippen LogP contribution in [0.25, 0.3) is 11.3 Å². The Labute approximate surface area is 82.3 Å². The fraction of sp³-hybridized carbons (Fsp3) is 0.182. The van der Waals surface area contributed by atoms with Gasteiger partial charge in [0.15, 0.2) is 12.2 Å². The van der Waals surface area contributed by atoms with Gasteiger partial charge in [-0.1, -0.05) is 0 Å². The maximum Gasteiger partial charge on any atom is 0.181 e. The number of methoxy groups -OCH3 is 1. The Hall–Kier alpha value is -1.77. The fourth-order valence-corrected chi connectivity index (χ4v) is 1.32. The van der Waals surface area contributed by atoms with Crippen molar-refractivity contribution in [3.63, 3.8) is 0 Å². The van der Waals surface area contributed by atoms with Crippen molar-refractivity contribution in [2.75, 3.05) is 7.11 Å². The summed E-state index contributed by atoms with van der Waals surface area (Å²) in [6.45, 7) is 1.92. The van der Waals surface area contributed by atoms with Crippen molar-refractivity contribution in [2.24, 2.45) is 0 Å². The summed E-state index contributed by atoms with van der Waals surface area (Å²) in [6, 6.07) is 7.70. The highest BCUT2D eigenvalue weighted by atomic mass is 16.5. The third-order valence-electron chi connectivity index (χ3n) is 2.10. The van der Waals surface area contributed by atoms with E-state index in [0.29, 0.717) is 0 Å². The first-order valence-corrected chi connectivity index (χ1v) is 4.36. The lowest BCUT2D eigenvalue weighted by molar-refractivity contribution is 0.415. The monoisotopic (exact) mass is 189 g/mol. The number of benzene rings is 1. The molecule has 0 spiro atoms. The first kappa shape index (κ1) is 8.81. The number of nitrogens with zero attached hydrogens (tertiary/aromatic N) is 1. The SMILES string of the molecule is COc1ccc(-c2ocnc2C)cc1. The summed E-state index contributed by atoms with van der Waals surface area (Å²) in [7, 11) is 1.65. The molecule has 3 nitrogen and oxygen atoms in total. The van der Waals surface area contributed by atoms with Crippen molar-refractivity contribution >= 4 is 0 Å². The first-order chi connectivity index (χ1) is 6.81. The molecule has 14 heavy (non-hydrogen) atoms. The molecular weight excluding hydrogens is 178 g/mol. The summed E-state index contributed by atoms with van der Waals surface area (Å²) in [4.78, 5) is 4.04. The van der Waals surface area contributed by atoms with Gasteiger partial charge in [-0.3, -0.25) is 0 Å². The molecule has 2 aromatic rings. The van der Waals surface area contributed by atoms with E-state index in [1.807, 2.05) is 31.2 Å². The number of rotatable bonds is 2. The molecule has 2 rings (SSSR count). The topological polar surface area (TPSA) is 35.3 Å². The van der Waals surface area contributed by atoms with Gasteiger partial charge in [-0.15, -0.1) is 0 Å². The van der Waals surface area contributed by atoms with Gasteiger partial charge in [-0.05, 0) is 31.2 Å². The maximum atomic E-state index is 5.27. The molecule has 0 fully saturated rings. The number of hydrogen-bond donors (Lipinski definition) is 0. The predicted octanol–water partition coefficient (Wildman–Crippen LogP) is 2.66. The number of aryl methyl sites for hydroxylation is 1. The van der Waals surface area contributed by atoms with Gasteiger partial charge >= 0.3 is 0 Å². The molecule has 1 heterocycles. The lowest BCUT2D eigenvalue weighted by Gasteiger charge is -2.00. The highest BCUT2D eigenvalue weighted by molar-refractivity contribution is 5.60. The van der Waals surface area contributed by atoms with Crippen molar-refractivity contribution in [3.05, 3.63) is 36.4 Å². The van der Waals surface area contributed by atoms with E-state index in [4.69, 9.17) is 9.15 Å². The summed E-state index contributed by atoms with van der Waals surface area (Å²) >= 11 is 0. The molecule has 0 radical (unpaired) electrons. The zero-order chi connectivity index (χ0) is 9.97. The Kier molecular flexibility index (Phi) is 2.23. The van der Waals surface area contributed by atoms with Crippen LogP contribution in [-0.4, -0.2) is 12.1 Å². The predicted molar refractivity (Wildman–Crippen MR) is 53.2 cm³/mol. The van der Waals surface area contributed by atoms with Crippen molar-refractivity contribution < 1.29 is 9.15 Å². The molecule has 0 saturated heterocycles. The van der Waals surface area contributed by atoms with Crippen LogP contribution in [0.2, 0.25) is 0 Å². The molecule has 0 saturated carbocycles. The maximum absolute atomic E-state index is 5.27. The van der Waals surface area contributed by atoms with E-state index < -0.39 is 0 Å². The second-order valence-corrected chi connectivity index (χ2v) is 3.00. The van der Waals surface area contributed by atoms with E-state index in [2.05, 4.69) is 4.98 Å². The Balaban J connectivity index is 2.39. The molecule has 0 atom stereocenters. The molecular formula is C11H11NO2. The number of ether oxygens (including phenoxy) is 1. The second kappa shape index (κ2) is 3.54. The van der Waals surface area contributed by atoms with Crippen LogP contribution in [0.3, 0.4) is 0 Å². The Morgan fingerprint density at radius 2 is 1.93 bits per heavy atom. The van der Waals surface area contributed by atoms with E-state index in [9.17, 15) is 0 Å². The van der Waals surface area contributed by atoms with Gasteiger partial charge in [0.2, 0.25) is 0 Å². The van der Waals surface area contributed by atoms with E-state index in [0.717, 1.165) is 22.8 Å². The van der Waals surface area contributed by atoms with Gasteiger partial charge in [-0.2, -0.15) is 0 Å². The number of hydrogen-bond acceptors (Lipinski definition) is 3. The molecule has 0 aliphatic rings. The average Bonchev–Trinajstić information content (AvgIpc) is 2.65. The lowest BCUT2D eigenvalue weighted by Crippen LogP contribution is -1.83. The summed E-state index contributed by atoms with van der Waals surface area (Å²) in [6.07, 6.45) is 1.45. The van der Waals surface area contributed by atoms with E-state index in [1.54, 1.807) is 7.11 Å². The van der Waals surface area contributed by atoms with Crippen LogP contribution in [0.1, 0.15) is 5.69 Å². The van der Waals surface area contributed by atoms with E-state index in [1.165, 1.54) is 6.39 Å². The molecule has 0 aliphatic heterocycles. The summed E-state index contributed by atoms with van der Waals surface area (Å²) in [5, 5.41) is 0. The van der Waals surface area contributed by atoms with Gasteiger partial charge in [0.1, 0.15) is 5.75 Å². The highest BCUT2D eigenvalue weighted by Crippen LogP contribution is 2.24. The average molecular weight is 189 g/mol. The molecule has 0 bridgehead atoms. The second-order valence-electron chi connectivity index (χ2n) is 3.00. The van der Waals surface area contributed by atoms with Crippen LogP contribution in [0.4, 0.5) is 0 Å². The molecule has 1 aromatic heterocycles. The fourth-order valence-electron chi connectivity index (χ4n) is 1.32. The van der Waals surface area contributed by atoms with Gasteiger partial charge in [-0.25, -0.2) is 4.98 Å². The molecule has 72 valence electrons. The smallest absolute Gasteiger partial charge is 0.181 e. The Morgan fingerprint density at radius 1 is 1.21 bits per heavy atom. The minimum atomic E-state index is 0.813. The summed E-state index contributed by atoms with van der Waals surface area (Å²) in [5.41, 5.74) is 1.91. The largest absolute Gasteiger partial charge is 0.497 e. The lowest BCUT2D eigenvalue weighted by atomic mass is 10.1. The minimum absolute atomic E-state index is 0.813. The Bertz CT molecular complexity index is 417. The van der Waals surface area contributed by atoms with Gasteiger partial charge in [0.05, 0.1) is 12.8 Å². The quantitative estimate of drug-likeness (QED) is 0.728. The molecule has 1 aromatic carbocycles. The molecule has 0 unspecified atom stereocenters. The molecule has 0 amide bonds. The highest BCUT2D eigenvalue weighted by Gasteiger charge is 2.05. The van der Waals surface area contributed by atoms with E-state index >= 15 is 0 Å². The van der Waals surface area contributed by atoms with Gasteiger partial charge < -0.3 is 9.15 Å². The molecule has 0 aliphatic carbocycles. The van der Waals surface area contributed by atoms with Gasteiger partial charge in [0.25, 0.3) is 0 Å².